The van der Waals surface area contributed by atoms with Gasteiger partial charge in [0.05, 0.1) is 0 Å². The molecular formula is C11H18. The van der Waals surface area contributed by atoms with E-state index in [1.807, 2.05) is 6.08 Å². The van der Waals surface area contributed by atoms with E-state index in [-0.39, 0.29) is 0 Å². The monoisotopic (exact) mass is 150 g/mol. The summed E-state index contributed by atoms with van der Waals surface area (Å²) in [6, 6.07) is 0. The van der Waals surface area contributed by atoms with Crippen LogP contribution in [0.4, 0.5) is 0 Å². The molecule has 0 rings (SSSR count). The molecular weight excluding hydrogens is 132 g/mol. The smallest absolute Gasteiger partial charge is 0.00845 e. The van der Waals surface area contributed by atoms with Crippen molar-refractivity contribution in [1.82, 2.24) is 0 Å². The summed E-state index contributed by atoms with van der Waals surface area (Å²) in [5, 5.41) is 0. The lowest BCUT2D eigenvalue weighted by atomic mass is 10.1. The van der Waals surface area contributed by atoms with Crippen LogP contribution in [0, 0.1) is 5.92 Å². The van der Waals surface area contributed by atoms with Gasteiger partial charge >= 0.3 is 0 Å². The van der Waals surface area contributed by atoms with Gasteiger partial charge in [-0.15, -0.1) is 6.58 Å². The first-order valence-corrected chi connectivity index (χ1v) is 4.09. The molecule has 1 atom stereocenters. The van der Waals surface area contributed by atoms with Crippen molar-refractivity contribution in [3.63, 3.8) is 0 Å². The van der Waals surface area contributed by atoms with Crippen LogP contribution in [0.5, 0.6) is 0 Å². The van der Waals surface area contributed by atoms with Crippen molar-refractivity contribution in [2.24, 2.45) is 5.92 Å². The third kappa shape index (κ3) is 7.11. The predicted octanol–water partition coefficient (Wildman–Crippen LogP) is 3.72. The molecule has 0 amide bonds. The summed E-state index contributed by atoms with van der Waals surface area (Å²) in [6.07, 6.45) is 9.55. The molecule has 0 nitrogen and oxygen atoms in total. The molecule has 0 heteroatoms. The fourth-order valence-corrected chi connectivity index (χ4v) is 0.676. The van der Waals surface area contributed by atoms with Crippen LogP contribution < -0.4 is 0 Å². The van der Waals surface area contributed by atoms with E-state index in [9.17, 15) is 0 Å². The molecule has 0 spiro atoms. The molecule has 0 saturated heterocycles. The second kappa shape index (κ2) is 5.96. The number of rotatable bonds is 4. The molecule has 0 N–H and O–H groups in total. The summed E-state index contributed by atoms with van der Waals surface area (Å²) in [6.45, 7) is 10.1. The third-order valence-corrected chi connectivity index (χ3v) is 1.47. The van der Waals surface area contributed by atoms with Gasteiger partial charge in [0.2, 0.25) is 0 Å². The maximum absolute atomic E-state index is 3.71. The van der Waals surface area contributed by atoms with Crippen LogP contribution in [0.2, 0.25) is 0 Å². The van der Waals surface area contributed by atoms with Crippen LogP contribution >= 0.6 is 0 Å². The fraction of sp³-hybridized carbons (Fsp3) is 0.455. The molecule has 1 unspecified atom stereocenters. The summed E-state index contributed by atoms with van der Waals surface area (Å²) in [7, 11) is 0. The quantitative estimate of drug-likeness (QED) is 0.536. The van der Waals surface area contributed by atoms with Crippen molar-refractivity contribution >= 4 is 0 Å². The molecule has 0 heterocycles. The van der Waals surface area contributed by atoms with E-state index in [1.165, 1.54) is 5.57 Å². The maximum Gasteiger partial charge on any atom is -0.00845 e. The topological polar surface area (TPSA) is 0 Å². The Bertz CT molecular complexity index is 157. The lowest BCUT2D eigenvalue weighted by Crippen LogP contribution is -1.78. The van der Waals surface area contributed by atoms with Crippen molar-refractivity contribution < 1.29 is 0 Å². The zero-order valence-corrected chi connectivity index (χ0v) is 7.80. The van der Waals surface area contributed by atoms with Gasteiger partial charge in [-0.05, 0) is 26.2 Å². The molecule has 0 aliphatic rings. The summed E-state index contributed by atoms with van der Waals surface area (Å²) in [5.41, 5.74) is 1.38. The van der Waals surface area contributed by atoms with Gasteiger partial charge in [-0.25, -0.2) is 0 Å². The van der Waals surface area contributed by atoms with Gasteiger partial charge in [-0.2, -0.15) is 0 Å². The summed E-state index contributed by atoms with van der Waals surface area (Å²) < 4.78 is 0. The van der Waals surface area contributed by atoms with Crippen LogP contribution in [-0.4, -0.2) is 0 Å². The second-order valence-corrected chi connectivity index (χ2v) is 3.04. The van der Waals surface area contributed by atoms with Crippen molar-refractivity contribution in [3.8, 4) is 0 Å². The van der Waals surface area contributed by atoms with Crippen molar-refractivity contribution in [2.75, 3.05) is 0 Å². The number of hydrogen-bond donors (Lipinski definition) is 0. The zero-order chi connectivity index (χ0) is 8.69. The first kappa shape index (κ1) is 10.2. The van der Waals surface area contributed by atoms with E-state index in [2.05, 4.69) is 45.6 Å². The first-order valence-electron chi connectivity index (χ1n) is 4.09. The average molecular weight is 150 g/mol. The highest BCUT2D eigenvalue weighted by molar-refractivity contribution is 5.02. The van der Waals surface area contributed by atoms with Crippen LogP contribution in [0.15, 0.2) is 36.5 Å². The molecule has 0 aliphatic heterocycles. The van der Waals surface area contributed by atoms with E-state index in [4.69, 9.17) is 0 Å². The fourth-order valence-electron chi connectivity index (χ4n) is 0.676. The van der Waals surface area contributed by atoms with Crippen LogP contribution in [0.1, 0.15) is 27.2 Å². The molecule has 0 aromatic heterocycles. The van der Waals surface area contributed by atoms with Crippen molar-refractivity contribution in [2.45, 2.75) is 27.2 Å². The van der Waals surface area contributed by atoms with Crippen molar-refractivity contribution in [1.29, 1.82) is 0 Å². The molecule has 62 valence electrons. The normalized spacial score (nSPS) is 13.0. The Hall–Kier alpha value is -0.780. The van der Waals surface area contributed by atoms with Crippen LogP contribution in [-0.2, 0) is 0 Å². The molecule has 0 aromatic rings. The Morgan fingerprint density at radius 3 is 2.55 bits per heavy atom. The average Bonchev–Trinajstić information content (AvgIpc) is 1.97. The van der Waals surface area contributed by atoms with Gasteiger partial charge in [0.25, 0.3) is 0 Å². The Morgan fingerprint density at radius 2 is 2.09 bits per heavy atom. The maximum atomic E-state index is 3.71. The molecule has 0 saturated carbocycles. The van der Waals surface area contributed by atoms with Gasteiger partial charge in [0, 0.05) is 0 Å². The summed E-state index contributed by atoms with van der Waals surface area (Å²) in [4.78, 5) is 0. The highest BCUT2D eigenvalue weighted by atomic mass is 13.9. The van der Waals surface area contributed by atoms with Crippen LogP contribution in [0.25, 0.3) is 0 Å². The van der Waals surface area contributed by atoms with Gasteiger partial charge in [-0.1, -0.05) is 36.8 Å². The van der Waals surface area contributed by atoms with Gasteiger partial charge < -0.3 is 0 Å². The largest absolute Gasteiger partial charge is 0.102 e. The lowest BCUT2D eigenvalue weighted by molar-refractivity contribution is 0.937. The Labute approximate surface area is 70.3 Å². The van der Waals surface area contributed by atoms with E-state index in [1.54, 1.807) is 0 Å². The second-order valence-electron chi connectivity index (χ2n) is 3.04. The SMILES string of the molecule is C=CC(C)C=CCC=C(C)C. The summed E-state index contributed by atoms with van der Waals surface area (Å²) >= 11 is 0. The van der Waals surface area contributed by atoms with Gasteiger partial charge in [0.15, 0.2) is 0 Å². The molecule has 0 aliphatic carbocycles. The molecule has 0 radical (unpaired) electrons. The standard InChI is InChI=1S/C11H18/c1-5-11(4)9-7-6-8-10(2)3/h5,7-9,11H,1,6H2,2-4H3. The highest BCUT2D eigenvalue weighted by Crippen LogP contribution is 2.00. The Morgan fingerprint density at radius 1 is 1.45 bits per heavy atom. The Balaban J connectivity index is 3.60. The third-order valence-electron chi connectivity index (χ3n) is 1.47. The highest BCUT2D eigenvalue weighted by Gasteiger charge is 1.84. The minimum Gasteiger partial charge on any atom is -0.102 e. The minimum atomic E-state index is 0.501. The summed E-state index contributed by atoms with van der Waals surface area (Å²) in [5.74, 6) is 0.501. The first-order chi connectivity index (χ1) is 5.16. The van der Waals surface area contributed by atoms with Gasteiger partial charge in [0.1, 0.15) is 0 Å². The van der Waals surface area contributed by atoms with E-state index >= 15 is 0 Å². The molecule has 0 aromatic carbocycles. The number of allylic oxidation sites excluding steroid dienone is 5. The molecule has 0 bridgehead atoms. The number of hydrogen-bond acceptors (Lipinski definition) is 0. The van der Waals surface area contributed by atoms with E-state index in [0.29, 0.717) is 5.92 Å². The lowest BCUT2D eigenvalue weighted by Gasteiger charge is -1.93. The molecule has 0 fully saturated rings. The molecule has 11 heavy (non-hydrogen) atoms. The van der Waals surface area contributed by atoms with E-state index in [0.717, 1.165) is 6.42 Å². The Kier molecular flexibility index (Phi) is 5.54. The van der Waals surface area contributed by atoms with Crippen molar-refractivity contribution in [3.05, 3.63) is 36.5 Å². The predicted molar refractivity (Wildman–Crippen MR) is 52.5 cm³/mol. The van der Waals surface area contributed by atoms with Crippen LogP contribution in [0.3, 0.4) is 0 Å². The minimum absolute atomic E-state index is 0.501. The van der Waals surface area contributed by atoms with E-state index < -0.39 is 0 Å². The van der Waals surface area contributed by atoms with Gasteiger partial charge in [-0.3, -0.25) is 0 Å². The zero-order valence-electron chi connectivity index (χ0n) is 7.80.